The number of aryl methyl sites for hydroxylation is 1. The van der Waals surface area contributed by atoms with Crippen molar-refractivity contribution in [2.75, 3.05) is 0 Å². The Bertz CT molecular complexity index is 303. The fourth-order valence-corrected chi connectivity index (χ4v) is 0.549. The topological polar surface area (TPSA) is 74.8 Å². The molecule has 0 fully saturated rings. The first-order valence-corrected chi connectivity index (χ1v) is 2.79. The minimum Gasteiger partial charge on any atom is -0.425 e. The van der Waals surface area contributed by atoms with Crippen molar-refractivity contribution in [2.45, 2.75) is 13.8 Å². The van der Waals surface area contributed by atoms with Crippen LogP contribution in [0.5, 0.6) is 0 Å². The molecule has 10 heavy (non-hydrogen) atoms. The molecule has 5 heteroatoms. The maximum atomic E-state index is 9.01. The molecule has 0 bridgehead atoms. The molecule has 0 aliphatic rings. The van der Waals surface area contributed by atoms with Crippen LogP contribution in [0.3, 0.4) is 0 Å². The normalized spacial score (nSPS) is 9.80. The Hall–Kier alpha value is -1.39. The van der Waals surface area contributed by atoms with Crippen molar-refractivity contribution in [3.8, 4) is 0 Å². The quantitative estimate of drug-likeness (QED) is 0.482. The van der Waals surface area contributed by atoms with Crippen LogP contribution in [0.15, 0.2) is 0 Å². The third kappa shape index (κ3) is 0.854. The molecular weight excluding hydrogens is 132 g/mol. The Kier molecular flexibility index (Phi) is 1.41. The maximum absolute atomic E-state index is 9.01. The molecule has 1 aromatic rings. The zero-order chi connectivity index (χ0) is 7.72. The standard InChI is InChI=1S/C5H8N4O/c1-3-4(2)9(10)5(6)8-7-3/h6,10H,1-2H3. The number of nitrogens with zero attached hydrogens (tertiary/aromatic N) is 3. The van der Waals surface area contributed by atoms with Crippen LogP contribution in [0.1, 0.15) is 11.4 Å². The van der Waals surface area contributed by atoms with Crippen LogP contribution in [0.2, 0.25) is 0 Å². The maximum Gasteiger partial charge on any atom is 0.275 e. The highest BCUT2D eigenvalue weighted by molar-refractivity contribution is 5.02. The van der Waals surface area contributed by atoms with Crippen LogP contribution in [0.4, 0.5) is 0 Å². The summed E-state index contributed by atoms with van der Waals surface area (Å²) in [5, 5.41) is 23.0. The first-order valence-electron chi connectivity index (χ1n) is 2.79. The third-order valence-electron chi connectivity index (χ3n) is 1.34. The van der Waals surface area contributed by atoms with E-state index in [1.807, 2.05) is 0 Å². The summed E-state index contributed by atoms with van der Waals surface area (Å²) in [6.45, 7) is 3.39. The van der Waals surface area contributed by atoms with Crippen molar-refractivity contribution < 1.29 is 5.21 Å². The minimum absolute atomic E-state index is 0.247. The van der Waals surface area contributed by atoms with Crippen molar-refractivity contribution >= 4 is 0 Å². The van der Waals surface area contributed by atoms with E-state index >= 15 is 0 Å². The predicted molar refractivity (Wildman–Crippen MR) is 32.5 cm³/mol. The molecule has 0 aromatic carbocycles. The molecule has 2 N–H and O–H groups in total. The van der Waals surface area contributed by atoms with Gasteiger partial charge in [-0.2, -0.15) is 9.83 Å². The monoisotopic (exact) mass is 140 g/mol. The van der Waals surface area contributed by atoms with E-state index in [4.69, 9.17) is 10.6 Å². The zero-order valence-electron chi connectivity index (χ0n) is 5.79. The molecule has 0 amide bonds. The molecule has 0 aliphatic carbocycles. The number of nitrogens with one attached hydrogen (secondary N) is 1. The van der Waals surface area contributed by atoms with Crippen molar-refractivity contribution in [1.29, 1.82) is 5.41 Å². The molecule has 0 atom stereocenters. The second kappa shape index (κ2) is 2.09. The van der Waals surface area contributed by atoms with E-state index in [0.717, 1.165) is 0 Å². The minimum atomic E-state index is -0.247. The van der Waals surface area contributed by atoms with Gasteiger partial charge < -0.3 is 5.21 Å². The zero-order valence-corrected chi connectivity index (χ0v) is 5.79. The summed E-state index contributed by atoms with van der Waals surface area (Å²) in [6, 6.07) is 0. The van der Waals surface area contributed by atoms with Gasteiger partial charge in [0.05, 0.1) is 11.4 Å². The summed E-state index contributed by atoms with van der Waals surface area (Å²) < 4.78 is 0.697. The molecule has 0 saturated heterocycles. The number of rotatable bonds is 0. The van der Waals surface area contributed by atoms with E-state index in [1.165, 1.54) is 0 Å². The summed E-state index contributed by atoms with van der Waals surface area (Å²) in [5.41, 5.74) is 0.918. The average Bonchev–Trinajstić information content (AvgIpc) is 1.93. The van der Waals surface area contributed by atoms with Gasteiger partial charge in [0.1, 0.15) is 0 Å². The number of hydrogen-bond acceptors (Lipinski definition) is 4. The van der Waals surface area contributed by atoms with Crippen LogP contribution in [0.25, 0.3) is 0 Å². The van der Waals surface area contributed by atoms with E-state index in [2.05, 4.69) is 10.2 Å². The van der Waals surface area contributed by atoms with Gasteiger partial charge in [-0.15, -0.1) is 5.10 Å². The highest BCUT2D eigenvalue weighted by atomic mass is 16.5. The van der Waals surface area contributed by atoms with Gasteiger partial charge in [0.25, 0.3) is 5.62 Å². The smallest absolute Gasteiger partial charge is 0.275 e. The van der Waals surface area contributed by atoms with Crippen LogP contribution in [-0.4, -0.2) is 20.1 Å². The van der Waals surface area contributed by atoms with Gasteiger partial charge in [0, 0.05) is 0 Å². The molecule has 54 valence electrons. The molecule has 1 rings (SSSR count). The van der Waals surface area contributed by atoms with Crippen molar-refractivity contribution in [3.05, 3.63) is 17.0 Å². The molecule has 0 spiro atoms. The molecule has 0 radical (unpaired) electrons. The largest absolute Gasteiger partial charge is 0.425 e. The predicted octanol–water partition coefficient (Wildman–Crippen LogP) is -0.388. The molecular formula is C5H8N4O. The van der Waals surface area contributed by atoms with Gasteiger partial charge >= 0.3 is 0 Å². The SMILES string of the molecule is Cc1nnc(=N)n(O)c1C. The average molecular weight is 140 g/mol. The second-order valence-corrected chi connectivity index (χ2v) is 2.01. The van der Waals surface area contributed by atoms with Crippen LogP contribution >= 0.6 is 0 Å². The van der Waals surface area contributed by atoms with E-state index in [-0.39, 0.29) is 5.62 Å². The molecule has 1 aromatic heterocycles. The number of hydrogen-bond donors (Lipinski definition) is 2. The lowest BCUT2D eigenvalue weighted by Gasteiger charge is -2.01. The lowest BCUT2D eigenvalue weighted by Crippen LogP contribution is -2.25. The first-order chi connectivity index (χ1) is 4.63. The van der Waals surface area contributed by atoms with Gasteiger partial charge in [-0.3, -0.25) is 5.41 Å². The number of aromatic nitrogens is 3. The van der Waals surface area contributed by atoms with E-state index in [1.54, 1.807) is 13.8 Å². The Morgan fingerprint density at radius 3 is 2.50 bits per heavy atom. The third-order valence-corrected chi connectivity index (χ3v) is 1.34. The summed E-state index contributed by atoms with van der Waals surface area (Å²) in [4.78, 5) is 0. The van der Waals surface area contributed by atoms with Crippen LogP contribution < -0.4 is 5.62 Å². The van der Waals surface area contributed by atoms with Gasteiger partial charge in [-0.05, 0) is 13.8 Å². The second-order valence-electron chi connectivity index (χ2n) is 2.01. The first kappa shape index (κ1) is 6.73. The van der Waals surface area contributed by atoms with Crippen molar-refractivity contribution in [3.63, 3.8) is 0 Å². The molecule has 1 heterocycles. The van der Waals surface area contributed by atoms with E-state index in [9.17, 15) is 0 Å². The lowest BCUT2D eigenvalue weighted by molar-refractivity contribution is 0.154. The molecule has 0 unspecified atom stereocenters. The summed E-state index contributed by atoms with van der Waals surface area (Å²) in [6.07, 6.45) is 0. The van der Waals surface area contributed by atoms with Gasteiger partial charge in [-0.1, -0.05) is 0 Å². The molecule has 0 aliphatic heterocycles. The summed E-state index contributed by atoms with van der Waals surface area (Å²) in [7, 11) is 0. The molecule has 5 nitrogen and oxygen atoms in total. The summed E-state index contributed by atoms with van der Waals surface area (Å²) >= 11 is 0. The van der Waals surface area contributed by atoms with E-state index < -0.39 is 0 Å². The van der Waals surface area contributed by atoms with Gasteiger partial charge in [0.15, 0.2) is 0 Å². The fraction of sp³-hybridized carbons (Fsp3) is 0.400. The Balaban J connectivity index is 3.49. The van der Waals surface area contributed by atoms with E-state index in [0.29, 0.717) is 16.1 Å². The highest BCUT2D eigenvalue weighted by Gasteiger charge is 1.99. The van der Waals surface area contributed by atoms with Crippen LogP contribution in [-0.2, 0) is 0 Å². The highest BCUT2D eigenvalue weighted by Crippen LogP contribution is 1.93. The Morgan fingerprint density at radius 1 is 1.40 bits per heavy atom. The van der Waals surface area contributed by atoms with Gasteiger partial charge in [0.2, 0.25) is 0 Å². The van der Waals surface area contributed by atoms with Crippen molar-refractivity contribution in [1.82, 2.24) is 14.9 Å². The van der Waals surface area contributed by atoms with Crippen LogP contribution in [0, 0.1) is 19.3 Å². The fourth-order valence-electron chi connectivity index (χ4n) is 0.549. The van der Waals surface area contributed by atoms with Crippen molar-refractivity contribution in [2.24, 2.45) is 0 Å². The summed E-state index contributed by atoms with van der Waals surface area (Å²) in [5.74, 6) is 0. The Morgan fingerprint density at radius 2 is 2.00 bits per heavy atom. The van der Waals surface area contributed by atoms with Gasteiger partial charge in [-0.25, -0.2) is 0 Å². The molecule has 0 saturated carbocycles. The lowest BCUT2D eigenvalue weighted by atomic mass is 10.4. The Labute approximate surface area is 57.4 Å².